The Morgan fingerprint density at radius 1 is 1.00 bits per heavy atom. The number of hydrogen-bond acceptors (Lipinski definition) is 7. The summed E-state index contributed by atoms with van der Waals surface area (Å²) >= 11 is 0. The quantitative estimate of drug-likeness (QED) is 0.695. The fourth-order valence-electron chi connectivity index (χ4n) is 3.81. The van der Waals surface area contributed by atoms with Crippen molar-refractivity contribution >= 4 is 11.6 Å². The van der Waals surface area contributed by atoms with E-state index in [0.717, 1.165) is 48.7 Å². The van der Waals surface area contributed by atoms with E-state index < -0.39 is 0 Å². The molecule has 1 aromatic carbocycles. The van der Waals surface area contributed by atoms with E-state index >= 15 is 0 Å². The van der Waals surface area contributed by atoms with E-state index in [0.29, 0.717) is 11.7 Å². The van der Waals surface area contributed by atoms with Crippen LogP contribution in [0.3, 0.4) is 0 Å². The number of halogens is 1. The van der Waals surface area contributed by atoms with Crippen LogP contribution in [0.2, 0.25) is 0 Å². The molecular formula is C22H25FN6O. The molecule has 2 N–H and O–H groups in total. The monoisotopic (exact) mass is 408 g/mol. The van der Waals surface area contributed by atoms with E-state index in [1.165, 1.54) is 18.5 Å². The fraction of sp³-hybridized carbons (Fsp3) is 0.318. The van der Waals surface area contributed by atoms with Crippen LogP contribution in [0, 0.1) is 5.82 Å². The van der Waals surface area contributed by atoms with Crippen molar-refractivity contribution in [3.8, 4) is 17.0 Å². The third-order valence-electron chi connectivity index (χ3n) is 5.60. The molecule has 30 heavy (non-hydrogen) atoms. The van der Waals surface area contributed by atoms with Crippen molar-refractivity contribution in [3.05, 3.63) is 60.3 Å². The second-order valence-corrected chi connectivity index (χ2v) is 7.30. The largest absolute Gasteiger partial charge is 0.481 e. The van der Waals surface area contributed by atoms with Crippen LogP contribution in [0.4, 0.5) is 16.0 Å². The van der Waals surface area contributed by atoms with Crippen LogP contribution in [0.25, 0.3) is 11.1 Å². The van der Waals surface area contributed by atoms with Gasteiger partial charge in [-0.15, -0.1) is 0 Å². The smallest absolute Gasteiger partial charge is 0.212 e. The zero-order valence-electron chi connectivity index (χ0n) is 17.1. The maximum atomic E-state index is 13.4. The predicted molar refractivity (Wildman–Crippen MR) is 115 cm³/mol. The maximum absolute atomic E-state index is 13.4. The van der Waals surface area contributed by atoms with Crippen molar-refractivity contribution in [1.82, 2.24) is 19.9 Å². The number of ether oxygens (including phenoxy) is 1. The number of methoxy groups -OCH3 is 1. The van der Waals surface area contributed by atoms with Crippen molar-refractivity contribution in [2.75, 3.05) is 43.9 Å². The highest BCUT2D eigenvalue weighted by molar-refractivity contribution is 5.84. The molecule has 2 aromatic heterocycles. The standard InChI is InChI=1S/C22H25FN6O/c1-15(17-5-8-19(30-2)25-13-17)28-9-11-29(12-10-28)22-20(21(24)26-14-27-22)16-3-6-18(23)7-4-16/h3-8,13-15H,9-12H2,1-2H3,(H2,24,26,27). The lowest BCUT2D eigenvalue weighted by molar-refractivity contribution is 0.198. The molecule has 0 spiro atoms. The number of rotatable bonds is 5. The Hall–Kier alpha value is -3.26. The summed E-state index contributed by atoms with van der Waals surface area (Å²) in [4.78, 5) is 17.6. The topological polar surface area (TPSA) is 80.4 Å². The molecule has 0 bridgehead atoms. The average Bonchev–Trinajstić information content (AvgIpc) is 2.79. The highest BCUT2D eigenvalue weighted by Crippen LogP contribution is 2.34. The summed E-state index contributed by atoms with van der Waals surface area (Å²) in [6.07, 6.45) is 3.35. The van der Waals surface area contributed by atoms with E-state index in [1.807, 2.05) is 12.3 Å². The van der Waals surface area contributed by atoms with Crippen molar-refractivity contribution in [2.45, 2.75) is 13.0 Å². The van der Waals surface area contributed by atoms with Gasteiger partial charge in [-0.1, -0.05) is 18.2 Å². The van der Waals surface area contributed by atoms with E-state index in [9.17, 15) is 4.39 Å². The van der Waals surface area contributed by atoms with E-state index in [4.69, 9.17) is 10.5 Å². The van der Waals surface area contributed by atoms with Gasteiger partial charge in [-0.25, -0.2) is 19.3 Å². The lowest BCUT2D eigenvalue weighted by Gasteiger charge is -2.39. The van der Waals surface area contributed by atoms with Gasteiger partial charge in [0.25, 0.3) is 0 Å². The Morgan fingerprint density at radius 3 is 2.37 bits per heavy atom. The van der Waals surface area contributed by atoms with E-state index in [1.54, 1.807) is 19.2 Å². The fourth-order valence-corrected chi connectivity index (χ4v) is 3.81. The summed E-state index contributed by atoms with van der Waals surface area (Å²) in [7, 11) is 1.62. The van der Waals surface area contributed by atoms with Gasteiger partial charge in [-0.2, -0.15) is 0 Å². The molecule has 8 heteroatoms. The molecular weight excluding hydrogens is 383 g/mol. The highest BCUT2D eigenvalue weighted by atomic mass is 19.1. The number of piperazine rings is 1. The Bertz CT molecular complexity index is 988. The third kappa shape index (κ3) is 4.04. The SMILES string of the molecule is COc1ccc(C(C)N2CCN(c3ncnc(N)c3-c3ccc(F)cc3)CC2)cn1. The number of nitrogens with zero attached hydrogens (tertiary/aromatic N) is 5. The lowest BCUT2D eigenvalue weighted by atomic mass is 10.1. The second kappa shape index (κ2) is 8.62. The van der Waals surface area contributed by atoms with Crippen LogP contribution in [0.5, 0.6) is 5.88 Å². The molecule has 1 unspecified atom stereocenters. The number of hydrogen-bond donors (Lipinski definition) is 1. The van der Waals surface area contributed by atoms with Gasteiger partial charge in [0.2, 0.25) is 5.88 Å². The summed E-state index contributed by atoms with van der Waals surface area (Å²) < 4.78 is 18.5. The Labute approximate surface area is 175 Å². The first-order valence-corrected chi connectivity index (χ1v) is 9.92. The Morgan fingerprint density at radius 2 is 1.73 bits per heavy atom. The molecule has 0 radical (unpaired) electrons. The third-order valence-corrected chi connectivity index (χ3v) is 5.60. The summed E-state index contributed by atoms with van der Waals surface area (Å²) in [5.41, 5.74) is 8.89. The number of nitrogen functional groups attached to an aromatic ring is 1. The minimum Gasteiger partial charge on any atom is -0.481 e. The molecule has 0 aliphatic carbocycles. The highest BCUT2D eigenvalue weighted by Gasteiger charge is 2.25. The van der Waals surface area contributed by atoms with Gasteiger partial charge in [0.1, 0.15) is 23.8 Å². The molecule has 156 valence electrons. The van der Waals surface area contributed by atoms with Crippen LogP contribution in [-0.4, -0.2) is 53.1 Å². The van der Waals surface area contributed by atoms with Gasteiger partial charge < -0.3 is 15.4 Å². The molecule has 0 amide bonds. The van der Waals surface area contributed by atoms with Crippen molar-refractivity contribution in [1.29, 1.82) is 0 Å². The van der Waals surface area contributed by atoms with Gasteiger partial charge >= 0.3 is 0 Å². The molecule has 3 heterocycles. The zero-order valence-corrected chi connectivity index (χ0v) is 17.1. The number of anilines is 2. The van der Waals surface area contributed by atoms with Crippen LogP contribution >= 0.6 is 0 Å². The number of pyridine rings is 1. The minimum atomic E-state index is -0.286. The molecule has 4 rings (SSSR count). The molecule has 1 aliphatic heterocycles. The van der Waals surface area contributed by atoms with Crippen molar-refractivity contribution in [3.63, 3.8) is 0 Å². The summed E-state index contributed by atoms with van der Waals surface area (Å²) in [5, 5.41) is 0. The molecule has 3 aromatic rings. The molecule has 0 saturated carbocycles. The van der Waals surface area contributed by atoms with Crippen LogP contribution in [0.15, 0.2) is 48.9 Å². The van der Waals surface area contributed by atoms with Gasteiger partial charge in [-0.05, 0) is 30.2 Å². The first-order chi connectivity index (χ1) is 14.6. The summed E-state index contributed by atoms with van der Waals surface area (Å²) in [6, 6.07) is 10.5. The van der Waals surface area contributed by atoms with Crippen molar-refractivity contribution in [2.24, 2.45) is 0 Å². The second-order valence-electron chi connectivity index (χ2n) is 7.30. The van der Waals surface area contributed by atoms with Gasteiger partial charge in [0.05, 0.1) is 12.7 Å². The van der Waals surface area contributed by atoms with Crippen LogP contribution in [-0.2, 0) is 0 Å². The normalized spacial score (nSPS) is 15.8. The van der Waals surface area contributed by atoms with Gasteiger partial charge in [0, 0.05) is 44.5 Å². The van der Waals surface area contributed by atoms with E-state index in [-0.39, 0.29) is 11.9 Å². The molecule has 1 saturated heterocycles. The lowest BCUT2D eigenvalue weighted by Crippen LogP contribution is -2.47. The average molecular weight is 408 g/mol. The zero-order chi connectivity index (χ0) is 21.1. The minimum absolute atomic E-state index is 0.248. The number of benzene rings is 1. The first-order valence-electron chi connectivity index (χ1n) is 9.92. The predicted octanol–water partition coefficient (Wildman–Crippen LogP) is 3.15. The van der Waals surface area contributed by atoms with Crippen LogP contribution in [0.1, 0.15) is 18.5 Å². The van der Waals surface area contributed by atoms with E-state index in [2.05, 4.69) is 37.7 Å². The van der Waals surface area contributed by atoms with Gasteiger partial charge in [0.15, 0.2) is 0 Å². The first kappa shape index (κ1) is 20.0. The maximum Gasteiger partial charge on any atom is 0.212 e. The van der Waals surface area contributed by atoms with Crippen molar-refractivity contribution < 1.29 is 9.13 Å². The molecule has 1 fully saturated rings. The Balaban J connectivity index is 1.50. The molecule has 1 aliphatic rings. The van der Waals surface area contributed by atoms with Crippen LogP contribution < -0.4 is 15.4 Å². The summed E-state index contributed by atoms with van der Waals surface area (Å²) in [5.74, 6) is 1.51. The van der Waals surface area contributed by atoms with Gasteiger partial charge in [-0.3, -0.25) is 4.90 Å². The molecule has 7 nitrogen and oxygen atoms in total. The number of nitrogens with two attached hydrogens (primary N) is 1. The summed E-state index contributed by atoms with van der Waals surface area (Å²) in [6.45, 7) is 5.54. The molecule has 1 atom stereocenters. The Kier molecular flexibility index (Phi) is 5.76. The number of aromatic nitrogens is 3.